The molecule has 2 aliphatic rings. The zero-order chi connectivity index (χ0) is 9.42. The Bertz CT molecular complexity index is 214. The number of carboxylic acids is 1. The third-order valence-corrected chi connectivity index (χ3v) is 3.20. The molecule has 3 heteroatoms. The minimum atomic E-state index is -0.661. The Kier molecular flexibility index (Phi) is 2.28. The van der Waals surface area contributed by atoms with E-state index in [0.717, 1.165) is 19.3 Å². The first-order chi connectivity index (χ1) is 6.24. The van der Waals surface area contributed by atoms with Gasteiger partial charge in [-0.15, -0.1) is 0 Å². The van der Waals surface area contributed by atoms with Crippen molar-refractivity contribution in [1.29, 1.82) is 0 Å². The Hall–Kier alpha value is -0.570. The van der Waals surface area contributed by atoms with E-state index in [0.29, 0.717) is 18.4 Å². The van der Waals surface area contributed by atoms with Crippen LogP contribution in [0.3, 0.4) is 0 Å². The number of hydrogen-bond donors (Lipinski definition) is 1. The van der Waals surface area contributed by atoms with Crippen molar-refractivity contribution in [2.45, 2.75) is 32.3 Å². The van der Waals surface area contributed by atoms with Crippen molar-refractivity contribution in [3.8, 4) is 0 Å². The Balaban J connectivity index is 1.92. The standard InChI is InChI=1S/C10H16O3/c1-2-3-13-8-5-6-4-7(6)9(8)10(11)12/h6-9H,2-5H2,1H3,(H,11,12). The average Bonchev–Trinajstić information content (AvgIpc) is 2.73. The first kappa shape index (κ1) is 9.00. The number of hydrogen-bond acceptors (Lipinski definition) is 2. The highest BCUT2D eigenvalue weighted by Crippen LogP contribution is 2.56. The smallest absolute Gasteiger partial charge is 0.309 e. The predicted octanol–water partition coefficient (Wildman–Crippen LogP) is 1.52. The summed E-state index contributed by atoms with van der Waals surface area (Å²) in [6.45, 7) is 2.75. The fourth-order valence-electron chi connectivity index (χ4n) is 2.49. The topological polar surface area (TPSA) is 46.5 Å². The molecule has 4 atom stereocenters. The Morgan fingerprint density at radius 1 is 1.54 bits per heavy atom. The maximum absolute atomic E-state index is 10.9. The maximum Gasteiger partial charge on any atom is 0.309 e. The van der Waals surface area contributed by atoms with Crippen LogP contribution in [0, 0.1) is 17.8 Å². The summed E-state index contributed by atoms with van der Waals surface area (Å²) in [4.78, 5) is 10.9. The first-order valence-electron chi connectivity index (χ1n) is 5.08. The van der Waals surface area contributed by atoms with Crippen LogP contribution < -0.4 is 0 Å². The maximum atomic E-state index is 10.9. The Labute approximate surface area is 78.1 Å². The van der Waals surface area contributed by atoms with Crippen LogP contribution >= 0.6 is 0 Å². The molecule has 1 N–H and O–H groups in total. The minimum Gasteiger partial charge on any atom is -0.481 e. The number of fused-ring (bicyclic) bond motifs is 1. The molecule has 0 aliphatic heterocycles. The first-order valence-corrected chi connectivity index (χ1v) is 5.08. The molecule has 13 heavy (non-hydrogen) atoms. The quantitative estimate of drug-likeness (QED) is 0.720. The molecular weight excluding hydrogens is 168 g/mol. The zero-order valence-corrected chi connectivity index (χ0v) is 7.90. The molecule has 4 unspecified atom stereocenters. The molecule has 3 nitrogen and oxygen atoms in total. The van der Waals surface area contributed by atoms with Crippen molar-refractivity contribution in [3.05, 3.63) is 0 Å². The molecule has 74 valence electrons. The molecule has 0 bridgehead atoms. The van der Waals surface area contributed by atoms with Crippen molar-refractivity contribution in [1.82, 2.24) is 0 Å². The minimum absolute atomic E-state index is 0.00111. The third-order valence-electron chi connectivity index (χ3n) is 3.20. The largest absolute Gasteiger partial charge is 0.481 e. The van der Waals surface area contributed by atoms with E-state index in [1.165, 1.54) is 0 Å². The lowest BCUT2D eigenvalue weighted by atomic mass is 10.0. The van der Waals surface area contributed by atoms with Gasteiger partial charge in [0.2, 0.25) is 0 Å². The summed E-state index contributed by atoms with van der Waals surface area (Å²) in [5.74, 6) is 0.213. The van der Waals surface area contributed by atoms with Gasteiger partial charge in [0.25, 0.3) is 0 Å². The van der Waals surface area contributed by atoms with Crippen LogP contribution in [0.1, 0.15) is 26.2 Å². The summed E-state index contributed by atoms with van der Waals surface area (Å²) in [5, 5.41) is 9.00. The lowest BCUT2D eigenvalue weighted by Crippen LogP contribution is -2.29. The molecule has 0 aromatic heterocycles. The molecule has 0 heterocycles. The molecule has 2 fully saturated rings. The summed E-state index contributed by atoms with van der Waals surface area (Å²) < 4.78 is 5.55. The predicted molar refractivity (Wildman–Crippen MR) is 47.4 cm³/mol. The van der Waals surface area contributed by atoms with Crippen molar-refractivity contribution >= 4 is 5.97 Å². The molecule has 0 radical (unpaired) electrons. The molecule has 0 aromatic rings. The highest BCUT2D eigenvalue weighted by Gasteiger charge is 2.56. The van der Waals surface area contributed by atoms with Gasteiger partial charge in [-0.2, -0.15) is 0 Å². The van der Waals surface area contributed by atoms with Crippen molar-refractivity contribution in [3.63, 3.8) is 0 Å². The highest BCUT2D eigenvalue weighted by molar-refractivity contribution is 5.72. The molecule has 2 rings (SSSR count). The van der Waals surface area contributed by atoms with Gasteiger partial charge in [0, 0.05) is 6.61 Å². The van der Waals surface area contributed by atoms with Crippen LogP contribution in [-0.2, 0) is 9.53 Å². The van der Waals surface area contributed by atoms with Crippen LogP contribution in [0.25, 0.3) is 0 Å². The molecule has 2 saturated carbocycles. The number of aliphatic carboxylic acids is 1. The molecule has 0 spiro atoms. The second-order valence-electron chi connectivity index (χ2n) is 4.17. The second kappa shape index (κ2) is 3.29. The van der Waals surface area contributed by atoms with E-state index in [-0.39, 0.29) is 12.0 Å². The fraction of sp³-hybridized carbons (Fsp3) is 0.900. The number of carbonyl (C=O) groups is 1. The van der Waals surface area contributed by atoms with Crippen molar-refractivity contribution in [2.75, 3.05) is 6.61 Å². The third kappa shape index (κ3) is 1.57. The molecule has 0 aromatic carbocycles. The molecule has 2 aliphatic carbocycles. The van der Waals surface area contributed by atoms with Gasteiger partial charge in [-0.1, -0.05) is 6.92 Å². The van der Waals surface area contributed by atoms with Gasteiger partial charge in [-0.05, 0) is 31.1 Å². The average molecular weight is 184 g/mol. The van der Waals surface area contributed by atoms with E-state index in [4.69, 9.17) is 9.84 Å². The van der Waals surface area contributed by atoms with E-state index in [2.05, 4.69) is 0 Å². The van der Waals surface area contributed by atoms with Crippen LogP contribution in [0.2, 0.25) is 0 Å². The monoisotopic (exact) mass is 184 g/mol. The molecule has 0 saturated heterocycles. The van der Waals surface area contributed by atoms with Crippen molar-refractivity contribution in [2.24, 2.45) is 17.8 Å². The van der Waals surface area contributed by atoms with Crippen molar-refractivity contribution < 1.29 is 14.6 Å². The number of ether oxygens (including phenoxy) is 1. The zero-order valence-electron chi connectivity index (χ0n) is 7.90. The summed E-state index contributed by atoms with van der Waals surface area (Å²) in [6, 6.07) is 0. The van der Waals surface area contributed by atoms with E-state index in [9.17, 15) is 4.79 Å². The fourth-order valence-corrected chi connectivity index (χ4v) is 2.49. The van der Waals surface area contributed by atoms with Gasteiger partial charge < -0.3 is 9.84 Å². The summed E-state index contributed by atoms with van der Waals surface area (Å²) in [6.07, 6.45) is 3.06. The number of rotatable bonds is 4. The lowest BCUT2D eigenvalue weighted by molar-refractivity contribution is -0.147. The van der Waals surface area contributed by atoms with Crippen LogP contribution in [0.5, 0.6) is 0 Å². The van der Waals surface area contributed by atoms with Gasteiger partial charge >= 0.3 is 5.97 Å². The Morgan fingerprint density at radius 3 is 2.92 bits per heavy atom. The summed E-state index contributed by atoms with van der Waals surface area (Å²) in [5.41, 5.74) is 0. The van der Waals surface area contributed by atoms with Gasteiger partial charge in [-0.3, -0.25) is 4.79 Å². The van der Waals surface area contributed by atoms with E-state index >= 15 is 0 Å². The Morgan fingerprint density at radius 2 is 2.31 bits per heavy atom. The second-order valence-corrected chi connectivity index (χ2v) is 4.17. The molecule has 0 amide bonds. The normalized spacial score (nSPS) is 41.6. The highest BCUT2D eigenvalue weighted by atomic mass is 16.5. The van der Waals surface area contributed by atoms with Gasteiger partial charge in [-0.25, -0.2) is 0 Å². The summed E-state index contributed by atoms with van der Waals surface area (Å²) in [7, 11) is 0. The van der Waals surface area contributed by atoms with Gasteiger partial charge in [0.05, 0.1) is 12.0 Å². The van der Waals surface area contributed by atoms with E-state index in [1.807, 2.05) is 6.92 Å². The summed E-state index contributed by atoms with van der Waals surface area (Å²) >= 11 is 0. The van der Waals surface area contributed by atoms with E-state index in [1.54, 1.807) is 0 Å². The van der Waals surface area contributed by atoms with Crippen LogP contribution in [0.4, 0.5) is 0 Å². The molecular formula is C10H16O3. The number of carboxylic acid groups (broad SMARTS) is 1. The van der Waals surface area contributed by atoms with Crippen LogP contribution in [-0.4, -0.2) is 23.8 Å². The van der Waals surface area contributed by atoms with Crippen LogP contribution in [0.15, 0.2) is 0 Å². The lowest BCUT2D eigenvalue weighted by Gasteiger charge is -2.18. The SMILES string of the molecule is CCCOC1CC2CC2C1C(=O)O. The van der Waals surface area contributed by atoms with E-state index < -0.39 is 5.97 Å². The van der Waals surface area contributed by atoms with Gasteiger partial charge in [0.15, 0.2) is 0 Å². The van der Waals surface area contributed by atoms with Gasteiger partial charge in [0.1, 0.15) is 0 Å².